The molecule has 4 aliphatic rings. The topological polar surface area (TPSA) is 105 Å². The predicted octanol–water partition coefficient (Wildman–Crippen LogP) is 4.19. The van der Waals surface area contributed by atoms with Gasteiger partial charge in [0.05, 0.1) is 24.2 Å². The van der Waals surface area contributed by atoms with E-state index in [1.165, 1.54) is 12.1 Å². The van der Waals surface area contributed by atoms with Crippen LogP contribution in [-0.4, -0.2) is 79.7 Å². The zero-order valence-corrected chi connectivity index (χ0v) is 24.4. The highest BCUT2D eigenvalue weighted by Gasteiger charge is 2.60. The first-order valence-electron chi connectivity index (χ1n) is 14.2. The third-order valence-corrected chi connectivity index (χ3v) is 10.6. The van der Waals surface area contributed by atoms with Gasteiger partial charge in [-0.2, -0.15) is 4.31 Å². The minimum Gasteiger partial charge on any atom is -0.441 e. The van der Waals surface area contributed by atoms with E-state index in [1.807, 2.05) is 13.8 Å². The van der Waals surface area contributed by atoms with Gasteiger partial charge in [0, 0.05) is 36.6 Å². The van der Waals surface area contributed by atoms with Crippen molar-refractivity contribution in [2.45, 2.75) is 93.8 Å². The molecule has 2 aliphatic carbocycles. The molecular weight excluding hydrogens is 542 g/mol. The SMILES string of the molecule is CC(C)NC(=O)CC1CCN(C(=O)OC2([C@H]3COC[C@@H](CC4CC4)N3S(=O)(=O)c3ccc(Cl)cc3)CC2)CC1. The normalized spacial score (nSPS) is 25.9. The monoisotopic (exact) mass is 581 g/mol. The highest BCUT2D eigenvalue weighted by Crippen LogP contribution is 2.49. The number of nitrogens with one attached hydrogen (secondary N) is 1. The minimum atomic E-state index is -3.87. The highest BCUT2D eigenvalue weighted by molar-refractivity contribution is 7.89. The van der Waals surface area contributed by atoms with Gasteiger partial charge in [-0.15, -0.1) is 0 Å². The molecule has 0 bridgehead atoms. The summed E-state index contributed by atoms with van der Waals surface area (Å²) in [5.74, 6) is 0.780. The summed E-state index contributed by atoms with van der Waals surface area (Å²) in [6.45, 7) is 5.45. The van der Waals surface area contributed by atoms with Crippen LogP contribution in [0.1, 0.15) is 65.2 Å². The Hall–Kier alpha value is -1.88. The number of morpholine rings is 1. The molecule has 0 radical (unpaired) electrons. The average Bonchev–Trinajstić information content (AvgIpc) is 3.82. The zero-order valence-electron chi connectivity index (χ0n) is 22.8. The van der Waals surface area contributed by atoms with Crippen LogP contribution < -0.4 is 5.32 Å². The summed E-state index contributed by atoms with van der Waals surface area (Å²) in [5, 5.41) is 3.40. The van der Waals surface area contributed by atoms with Crippen LogP contribution in [0.2, 0.25) is 5.02 Å². The molecule has 39 heavy (non-hydrogen) atoms. The molecular formula is C28H40ClN3O6S. The van der Waals surface area contributed by atoms with Gasteiger partial charge in [-0.25, -0.2) is 13.2 Å². The largest absolute Gasteiger partial charge is 0.441 e. The van der Waals surface area contributed by atoms with Crippen LogP contribution in [0.4, 0.5) is 4.79 Å². The standard InChI is InChI=1S/C28H40ClN3O6S/c1-19(2)30-26(33)16-21-9-13-31(14-10-21)27(34)38-28(11-12-28)25-18-37-17-23(15-20-3-4-20)32(25)39(35,36)24-7-5-22(29)6-8-24/h5-8,19-21,23,25H,3-4,9-18H2,1-2H3,(H,30,33)/t23-,25-/m1/s1. The van der Waals surface area contributed by atoms with Crippen LogP contribution in [0.5, 0.6) is 0 Å². The molecule has 2 saturated carbocycles. The Labute approximate surface area is 236 Å². The Balaban J connectivity index is 1.28. The molecule has 11 heteroatoms. The van der Waals surface area contributed by atoms with Gasteiger partial charge in [0.25, 0.3) is 0 Å². The van der Waals surface area contributed by atoms with Gasteiger partial charge < -0.3 is 19.7 Å². The number of piperidine rings is 1. The number of halogens is 1. The maximum absolute atomic E-state index is 14.0. The highest BCUT2D eigenvalue weighted by atomic mass is 35.5. The van der Waals surface area contributed by atoms with Crippen LogP contribution in [0, 0.1) is 11.8 Å². The van der Waals surface area contributed by atoms with Crippen molar-refractivity contribution >= 4 is 33.6 Å². The Bertz CT molecular complexity index is 1140. The first-order valence-corrected chi connectivity index (χ1v) is 16.0. The number of carbonyl (C=O) groups is 2. The fourth-order valence-electron chi connectivity index (χ4n) is 5.93. The number of amides is 2. The average molecular weight is 582 g/mol. The number of hydrogen-bond acceptors (Lipinski definition) is 6. The van der Waals surface area contributed by atoms with Crippen LogP contribution >= 0.6 is 11.6 Å². The molecule has 2 saturated heterocycles. The number of benzene rings is 1. The number of ether oxygens (including phenoxy) is 2. The molecule has 0 unspecified atom stereocenters. The van der Waals surface area contributed by atoms with Crippen molar-refractivity contribution in [1.82, 2.24) is 14.5 Å². The van der Waals surface area contributed by atoms with E-state index in [0.717, 1.165) is 32.1 Å². The van der Waals surface area contributed by atoms with E-state index < -0.39 is 27.8 Å². The van der Waals surface area contributed by atoms with E-state index in [1.54, 1.807) is 21.3 Å². The lowest BCUT2D eigenvalue weighted by Crippen LogP contribution is -2.61. The van der Waals surface area contributed by atoms with E-state index in [0.29, 0.717) is 49.9 Å². The molecule has 5 rings (SSSR count). The van der Waals surface area contributed by atoms with Gasteiger partial charge in [-0.3, -0.25) is 4.79 Å². The molecule has 216 valence electrons. The quantitative estimate of drug-likeness (QED) is 0.469. The third kappa shape index (κ3) is 6.72. The second-order valence-electron chi connectivity index (χ2n) is 12.0. The van der Waals surface area contributed by atoms with Gasteiger partial charge in [0.1, 0.15) is 5.60 Å². The zero-order chi connectivity index (χ0) is 27.8. The fraction of sp³-hybridized carbons (Fsp3) is 0.714. The number of rotatable bonds is 9. The van der Waals surface area contributed by atoms with Crippen LogP contribution in [-0.2, 0) is 24.3 Å². The van der Waals surface area contributed by atoms with Crippen molar-refractivity contribution in [3.63, 3.8) is 0 Å². The lowest BCUT2D eigenvalue weighted by atomic mass is 9.93. The lowest BCUT2D eigenvalue weighted by molar-refractivity contribution is -0.122. The van der Waals surface area contributed by atoms with Crippen molar-refractivity contribution < 1.29 is 27.5 Å². The molecule has 1 aromatic carbocycles. The Morgan fingerprint density at radius 3 is 2.33 bits per heavy atom. The van der Waals surface area contributed by atoms with Crippen molar-refractivity contribution in [1.29, 1.82) is 0 Å². The number of carbonyl (C=O) groups excluding carboxylic acids is 2. The second kappa shape index (κ2) is 11.5. The smallest absolute Gasteiger partial charge is 0.410 e. The van der Waals surface area contributed by atoms with E-state index in [-0.39, 0.29) is 35.4 Å². The van der Waals surface area contributed by atoms with Crippen molar-refractivity contribution in [2.75, 3.05) is 26.3 Å². The lowest BCUT2D eigenvalue weighted by Gasteiger charge is -2.44. The maximum atomic E-state index is 14.0. The second-order valence-corrected chi connectivity index (χ2v) is 14.2. The summed E-state index contributed by atoms with van der Waals surface area (Å²) in [6, 6.07) is 5.46. The number of likely N-dealkylation sites (tertiary alicyclic amines) is 1. The Morgan fingerprint density at radius 1 is 1.08 bits per heavy atom. The summed E-state index contributed by atoms with van der Waals surface area (Å²) in [4.78, 5) is 27.3. The number of sulfonamides is 1. The Morgan fingerprint density at radius 2 is 1.74 bits per heavy atom. The summed E-state index contributed by atoms with van der Waals surface area (Å²) in [5.41, 5.74) is -0.896. The predicted molar refractivity (Wildman–Crippen MR) is 147 cm³/mol. The molecule has 0 aromatic heterocycles. The molecule has 2 aliphatic heterocycles. The van der Waals surface area contributed by atoms with Crippen LogP contribution in [0.25, 0.3) is 0 Å². The molecule has 2 amide bonds. The van der Waals surface area contributed by atoms with Crippen molar-refractivity contribution in [2.24, 2.45) is 11.8 Å². The molecule has 2 heterocycles. The van der Waals surface area contributed by atoms with Gasteiger partial charge in [-0.1, -0.05) is 24.4 Å². The van der Waals surface area contributed by atoms with Crippen molar-refractivity contribution in [3.05, 3.63) is 29.3 Å². The molecule has 1 N–H and O–H groups in total. The number of hydrogen-bond donors (Lipinski definition) is 1. The molecule has 0 spiro atoms. The van der Waals surface area contributed by atoms with Gasteiger partial charge in [0.2, 0.25) is 15.9 Å². The van der Waals surface area contributed by atoms with Gasteiger partial charge >= 0.3 is 6.09 Å². The third-order valence-electron chi connectivity index (χ3n) is 8.38. The summed E-state index contributed by atoms with van der Waals surface area (Å²) >= 11 is 6.04. The van der Waals surface area contributed by atoms with E-state index in [4.69, 9.17) is 21.1 Å². The number of nitrogens with zero attached hydrogens (tertiary/aromatic N) is 2. The van der Waals surface area contributed by atoms with Gasteiger partial charge in [-0.05, 0) is 82.1 Å². The summed E-state index contributed by atoms with van der Waals surface area (Å²) in [7, 11) is -3.87. The minimum absolute atomic E-state index is 0.0444. The fourth-order valence-corrected chi connectivity index (χ4v) is 7.91. The van der Waals surface area contributed by atoms with Crippen LogP contribution in [0.15, 0.2) is 29.2 Å². The van der Waals surface area contributed by atoms with E-state index in [9.17, 15) is 18.0 Å². The summed E-state index contributed by atoms with van der Waals surface area (Å²) < 4.78 is 41.7. The maximum Gasteiger partial charge on any atom is 0.410 e. The molecule has 4 fully saturated rings. The first kappa shape index (κ1) is 28.6. The molecule has 2 atom stereocenters. The summed E-state index contributed by atoms with van der Waals surface area (Å²) in [6.07, 6.45) is 5.67. The van der Waals surface area contributed by atoms with Crippen LogP contribution in [0.3, 0.4) is 0 Å². The van der Waals surface area contributed by atoms with E-state index in [2.05, 4.69) is 5.32 Å². The van der Waals surface area contributed by atoms with E-state index >= 15 is 0 Å². The first-order chi connectivity index (χ1) is 18.6. The Kier molecular flexibility index (Phi) is 8.48. The molecule has 1 aromatic rings. The van der Waals surface area contributed by atoms with Gasteiger partial charge in [0.15, 0.2) is 0 Å². The van der Waals surface area contributed by atoms with Crippen molar-refractivity contribution in [3.8, 4) is 0 Å². The molecule has 9 nitrogen and oxygen atoms in total.